The van der Waals surface area contributed by atoms with Gasteiger partial charge in [0.2, 0.25) is 5.91 Å². The van der Waals surface area contributed by atoms with Gasteiger partial charge in [0, 0.05) is 16.8 Å². The third-order valence-corrected chi connectivity index (χ3v) is 4.81. The molecule has 7 heteroatoms. The summed E-state index contributed by atoms with van der Waals surface area (Å²) >= 11 is 7.54. The van der Waals surface area contributed by atoms with Crippen molar-refractivity contribution in [1.82, 2.24) is 9.55 Å². The van der Waals surface area contributed by atoms with Gasteiger partial charge < -0.3 is 5.32 Å². The predicted octanol–water partition coefficient (Wildman–Crippen LogP) is 3.57. The van der Waals surface area contributed by atoms with Crippen LogP contribution in [-0.2, 0) is 11.3 Å². The van der Waals surface area contributed by atoms with E-state index in [0.717, 1.165) is 10.4 Å². The van der Waals surface area contributed by atoms with Crippen molar-refractivity contribution in [2.45, 2.75) is 13.5 Å². The molecule has 3 rings (SSSR count). The Bertz CT molecular complexity index is 935. The molecule has 0 saturated heterocycles. The number of anilines is 1. The summed E-state index contributed by atoms with van der Waals surface area (Å²) in [5, 5.41) is 5.26. The minimum absolute atomic E-state index is 0.109. The van der Waals surface area contributed by atoms with E-state index in [1.165, 1.54) is 28.3 Å². The van der Waals surface area contributed by atoms with Crippen molar-refractivity contribution in [3.8, 4) is 10.6 Å². The van der Waals surface area contributed by atoms with Gasteiger partial charge in [-0.3, -0.25) is 14.2 Å². The Morgan fingerprint density at radius 3 is 2.88 bits per heavy atom. The SMILES string of the molecule is Cc1c(Cl)cccc1NC(=O)Cn1cnc(-c2cccs2)cc1=O. The molecule has 0 aliphatic rings. The van der Waals surface area contributed by atoms with E-state index in [1.807, 2.05) is 24.4 Å². The number of thiophene rings is 1. The molecule has 0 aliphatic carbocycles. The number of amides is 1. The lowest BCUT2D eigenvalue weighted by Crippen LogP contribution is -2.27. The Labute approximate surface area is 147 Å². The monoisotopic (exact) mass is 359 g/mol. The number of hydrogen-bond donors (Lipinski definition) is 1. The molecule has 1 aromatic carbocycles. The summed E-state index contributed by atoms with van der Waals surface area (Å²) in [7, 11) is 0. The second kappa shape index (κ2) is 6.98. The number of halogens is 1. The summed E-state index contributed by atoms with van der Waals surface area (Å²) in [4.78, 5) is 29.5. The normalized spacial score (nSPS) is 10.6. The van der Waals surface area contributed by atoms with Gasteiger partial charge in [0.25, 0.3) is 5.56 Å². The maximum Gasteiger partial charge on any atom is 0.254 e. The van der Waals surface area contributed by atoms with Crippen LogP contribution in [0.2, 0.25) is 5.02 Å². The Kier molecular flexibility index (Phi) is 4.78. The first-order chi connectivity index (χ1) is 11.5. The van der Waals surface area contributed by atoms with E-state index in [2.05, 4.69) is 10.3 Å². The molecule has 0 saturated carbocycles. The lowest BCUT2D eigenvalue weighted by molar-refractivity contribution is -0.116. The minimum atomic E-state index is -0.312. The summed E-state index contributed by atoms with van der Waals surface area (Å²) in [6.07, 6.45) is 1.39. The summed E-state index contributed by atoms with van der Waals surface area (Å²) in [6.45, 7) is 1.71. The second-order valence-electron chi connectivity index (χ2n) is 5.18. The summed E-state index contributed by atoms with van der Waals surface area (Å²) in [6, 6.07) is 10.5. The lowest BCUT2D eigenvalue weighted by Gasteiger charge is -2.10. The average Bonchev–Trinajstić information content (AvgIpc) is 3.08. The van der Waals surface area contributed by atoms with E-state index in [1.54, 1.807) is 18.2 Å². The fraction of sp³-hybridized carbons (Fsp3) is 0.118. The Hall–Kier alpha value is -2.44. The summed E-state index contributed by atoms with van der Waals surface area (Å²) in [5.74, 6) is -0.312. The van der Waals surface area contributed by atoms with Crippen LogP contribution in [0.5, 0.6) is 0 Å². The van der Waals surface area contributed by atoms with Crippen LogP contribution in [0.1, 0.15) is 5.56 Å². The van der Waals surface area contributed by atoms with Crippen LogP contribution in [0, 0.1) is 6.92 Å². The zero-order chi connectivity index (χ0) is 17.1. The van der Waals surface area contributed by atoms with Crippen LogP contribution >= 0.6 is 22.9 Å². The highest BCUT2D eigenvalue weighted by molar-refractivity contribution is 7.13. The quantitative estimate of drug-likeness (QED) is 0.774. The van der Waals surface area contributed by atoms with Gasteiger partial charge >= 0.3 is 0 Å². The highest BCUT2D eigenvalue weighted by Gasteiger charge is 2.10. The van der Waals surface area contributed by atoms with Crippen molar-refractivity contribution in [2.75, 3.05) is 5.32 Å². The molecular weight excluding hydrogens is 346 g/mol. The first kappa shape index (κ1) is 16.4. The number of carbonyl (C=O) groups is 1. The summed E-state index contributed by atoms with van der Waals surface area (Å²) < 4.78 is 1.27. The lowest BCUT2D eigenvalue weighted by atomic mass is 10.2. The van der Waals surface area contributed by atoms with E-state index in [0.29, 0.717) is 16.4 Å². The molecule has 2 heterocycles. The standard InChI is InChI=1S/C17H14ClN3O2S/c1-11-12(18)4-2-5-13(11)20-16(22)9-21-10-19-14(8-17(21)23)15-6-3-7-24-15/h2-8,10H,9H2,1H3,(H,20,22). The number of benzene rings is 1. The molecule has 0 spiro atoms. The van der Waals surface area contributed by atoms with Gasteiger partial charge in [0.05, 0.1) is 16.9 Å². The molecular formula is C17H14ClN3O2S. The molecule has 0 radical (unpaired) electrons. The van der Waals surface area contributed by atoms with Gasteiger partial charge in [0.15, 0.2) is 0 Å². The first-order valence-corrected chi connectivity index (χ1v) is 8.45. The Balaban J connectivity index is 1.75. The van der Waals surface area contributed by atoms with Crippen LogP contribution in [0.4, 0.5) is 5.69 Å². The van der Waals surface area contributed by atoms with Crippen molar-refractivity contribution in [3.63, 3.8) is 0 Å². The molecule has 0 bridgehead atoms. The van der Waals surface area contributed by atoms with Crippen molar-refractivity contribution >= 4 is 34.5 Å². The number of aromatic nitrogens is 2. The van der Waals surface area contributed by atoms with Crippen molar-refractivity contribution in [1.29, 1.82) is 0 Å². The van der Waals surface area contributed by atoms with Gasteiger partial charge in [-0.15, -0.1) is 11.3 Å². The maximum atomic E-state index is 12.2. The smallest absolute Gasteiger partial charge is 0.254 e. The van der Waals surface area contributed by atoms with E-state index < -0.39 is 0 Å². The predicted molar refractivity (Wildman–Crippen MR) is 96.6 cm³/mol. The third-order valence-electron chi connectivity index (χ3n) is 3.51. The van der Waals surface area contributed by atoms with E-state index in [9.17, 15) is 9.59 Å². The number of nitrogens with zero attached hydrogens (tertiary/aromatic N) is 2. The molecule has 0 aliphatic heterocycles. The number of nitrogens with one attached hydrogen (secondary N) is 1. The largest absolute Gasteiger partial charge is 0.324 e. The maximum absolute atomic E-state index is 12.2. The van der Waals surface area contributed by atoms with E-state index >= 15 is 0 Å². The molecule has 24 heavy (non-hydrogen) atoms. The summed E-state index contributed by atoms with van der Waals surface area (Å²) in [5.41, 5.74) is 1.75. The minimum Gasteiger partial charge on any atom is -0.324 e. The highest BCUT2D eigenvalue weighted by Crippen LogP contribution is 2.23. The average molecular weight is 360 g/mol. The zero-order valence-electron chi connectivity index (χ0n) is 12.8. The van der Waals surface area contributed by atoms with Crippen LogP contribution < -0.4 is 10.9 Å². The zero-order valence-corrected chi connectivity index (χ0v) is 14.4. The van der Waals surface area contributed by atoms with Gasteiger partial charge in [0.1, 0.15) is 6.54 Å². The molecule has 5 nitrogen and oxygen atoms in total. The van der Waals surface area contributed by atoms with E-state index in [-0.39, 0.29) is 18.0 Å². The fourth-order valence-electron chi connectivity index (χ4n) is 2.19. The second-order valence-corrected chi connectivity index (χ2v) is 6.53. The fourth-order valence-corrected chi connectivity index (χ4v) is 3.06. The van der Waals surface area contributed by atoms with Gasteiger partial charge in [-0.25, -0.2) is 4.98 Å². The molecule has 2 aromatic heterocycles. The Morgan fingerprint density at radius 2 is 2.17 bits per heavy atom. The van der Waals surface area contributed by atoms with Gasteiger partial charge in [-0.1, -0.05) is 23.7 Å². The van der Waals surface area contributed by atoms with Crippen molar-refractivity contribution in [3.05, 3.63) is 69.0 Å². The number of carbonyl (C=O) groups excluding carboxylic acids is 1. The van der Waals surface area contributed by atoms with Crippen LogP contribution in [0.3, 0.4) is 0 Å². The molecule has 0 atom stereocenters. The third kappa shape index (κ3) is 3.55. The number of rotatable bonds is 4. The molecule has 0 fully saturated rings. The molecule has 1 N–H and O–H groups in total. The highest BCUT2D eigenvalue weighted by atomic mass is 35.5. The van der Waals surface area contributed by atoms with Crippen molar-refractivity contribution < 1.29 is 4.79 Å². The molecule has 0 unspecified atom stereocenters. The topological polar surface area (TPSA) is 64.0 Å². The van der Waals surface area contributed by atoms with Crippen LogP contribution in [0.15, 0.2) is 52.9 Å². The molecule has 122 valence electrons. The van der Waals surface area contributed by atoms with Crippen LogP contribution in [-0.4, -0.2) is 15.5 Å². The Morgan fingerprint density at radius 1 is 1.33 bits per heavy atom. The van der Waals surface area contributed by atoms with Gasteiger partial charge in [-0.05, 0) is 36.1 Å². The van der Waals surface area contributed by atoms with E-state index in [4.69, 9.17) is 11.6 Å². The molecule has 1 amide bonds. The van der Waals surface area contributed by atoms with Crippen LogP contribution in [0.25, 0.3) is 10.6 Å². The molecule has 3 aromatic rings. The first-order valence-electron chi connectivity index (χ1n) is 7.20. The van der Waals surface area contributed by atoms with Gasteiger partial charge in [-0.2, -0.15) is 0 Å². The van der Waals surface area contributed by atoms with Crippen molar-refractivity contribution in [2.24, 2.45) is 0 Å². The number of hydrogen-bond acceptors (Lipinski definition) is 4.